The van der Waals surface area contributed by atoms with Crippen molar-refractivity contribution in [2.45, 2.75) is 6.92 Å². The van der Waals surface area contributed by atoms with Crippen LogP contribution in [0, 0.1) is 6.92 Å². The van der Waals surface area contributed by atoms with Crippen molar-refractivity contribution in [2.24, 2.45) is 5.73 Å². The Morgan fingerprint density at radius 2 is 1.94 bits per heavy atom. The number of aromatic nitrogens is 2. The summed E-state index contributed by atoms with van der Waals surface area (Å²) in [4.78, 5) is 20.8. The van der Waals surface area contributed by atoms with Crippen molar-refractivity contribution >= 4 is 17.5 Å². The zero-order chi connectivity index (χ0) is 12.3. The Bertz CT molecular complexity index is 510. The van der Waals surface area contributed by atoms with Gasteiger partial charge in [0.1, 0.15) is 0 Å². The van der Waals surface area contributed by atoms with E-state index >= 15 is 0 Å². The van der Waals surface area contributed by atoms with Crippen molar-refractivity contribution in [3.63, 3.8) is 0 Å². The highest BCUT2D eigenvalue weighted by Crippen LogP contribution is 2.22. The van der Waals surface area contributed by atoms with Crippen LogP contribution >= 0.6 is 0 Å². The highest BCUT2D eigenvalue weighted by Gasteiger charge is 2.15. The minimum Gasteiger partial charge on any atom is -0.351 e. The van der Waals surface area contributed by atoms with Crippen LogP contribution in [0.4, 0.5) is 16.3 Å². The summed E-state index contributed by atoms with van der Waals surface area (Å²) in [5, 5.41) is 0. The molecule has 2 N–H and O–H groups in total. The molecule has 0 aliphatic heterocycles. The van der Waals surface area contributed by atoms with E-state index in [4.69, 9.17) is 5.73 Å². The van der Waals surface area contributed by atoms with E-state index in [1.54, 1.807) is 0 Å². The molecule has 0 spiro atoms. The first kappa shape index (κ1) is 11.1. The molecule has 0 aliphatic rings. The lowest BCUT2D eigenvalue weighted by molar-refractivity contribution is 0.256. The Morgan fingerprint density at radius 3 is 2.47 bits per heavy atom. The number of hydrogen-bond donors (Lipinski definition) is 1. The van der Waals surface area contributed by atoms with Gasteiger partial charge in [-0.1, -0.05) is 17.7 Å². The number of amides is 2. The van der Waals surface area contributed by atoms with E-state index in [9.17, 15) is 4.79 Å². The van der Waals surface area contributed by atoms with Gasteiger partial charge in [-0.25, -0.2) is 14.7 Å². The molecule has 2 amide bonds. The van der Waals surface area contributed by atoms with Crippen LogP contribution in [0.25, 0.3) is 0 Å². The van der Waals surface area contributed by atoms with E-state index in [1.807, 2.05) is 31.2 Å². The van der Waals surface area contributed by atoms with Crippen LogP contribution in [0.3, 0.4) is 0 Å². The lowest BCUT2D eigenvalue weighted by Crippen LogP contribution is -2.32. The molecule has 0 unspecified atom stereocenters. The van der Waals surface area contributed by atoms with Crippen LogP contribution in [0.5, 0.6) is 0 Å². The molecule has 17 heavy (non-hydrogen) atoms. The average Bonchev–Trinajstić information content (AvgIpc) is 2.33. The molecule has 2 rings (SSSR count). The number of nitrogens with two attached hydrogens (primary N) is 1. The summed E-state index contributed by atoms with van der Waals surface area (Å²) >= 11 is 0. The largest absolute Gasteiger partial charge is 0.351 e. The third kappa shape index (κ3) is 2.39. The van der Waals surface area contributed by atoms with Gasteiger partial charge in [-0.05, 0) is 19.1 Å². The maximum absolute atomic E-state index is 11.5. The molecule has 0 fully saturated rings. The summed E-state index contributed by atoms with van der Waals surface area (Å²) in [5.41, 5.74) is 7.14. The van der Waals surface area contributed by atoms with E-state index in [1.165, 1.54) is 23.5 Å². The Balaban J connectivity index is 2.43. The van der Waals surface area contributed by atoms with Crippen LogP contribution in [0.2, 0.25) is 0 Å². The molecular weight excluding hydrogens is 216 g/mol. The van der Waals surface area contributed by atoms with Crippen LogP contribution in [-0.2, 0) is 0 Å². The second kappa shape index (κ2) is 4.61. The maximum Gasteiger partial charge on any atom is 0.325 e. The number of nitrogens with zero attached hydrogens (tertiary/aromatic N) is 3. The molecule has 0 saturated heterocycles. The number of benzene rings is 1. The zero-order valence-electron chi connectivity index (χ0n) is 9.37. The summed E-state index contributed by atoms with van der Waals surface area (Å²) in [6.45, 7) is 1.97. The summed E-state index contributed by atoms with van der Waals surface area (Å²) in [7, 11) is 0. The van der Waals surface area contributed by atoms with E-state index in [0.29, 0.717) is 11.5 Å². The quantitative estimate of drug-likeness (QED) is 0.854. The van der Waals surface area contributed by atoms with Crippen molar-refractivity contribution in [1.29, 1.82) is 0 Å². The van der Waals surface area contributed by atoms with Crippen molar-refractivity contribution < 1.29 is 4.79 Å². The number of carbonyl (C=O) groups excluding carboxylic acids is 1. The van der Waals surface area contributed by atoms with E-state index in [-0.39, 0.29) is 0 Å². The molecule has 0 bridgehead atoms. The number of urea groups is 1. The third-order valence-electron chi connectivity index (χ3n) is 2.29. The van der Waals surface area contributed by atoms with Gasteiger partial charge >= 0.3 is 6.03 Å². The summed E-state index contributed by atoms with van der Waals surface area (Å²) < 4.78 is 0. The molecule has 1 aromatic heterocycles. The summed E-state index contributed by atoms with van der Waals surface area (Å²) in [6, 6.07) is 6.85. The normalized spacial score (nSPS) is 9.94. The first-order chi connectivity index (χ1) is 8.18. The monoisotopic (exact) mass is 228 g/mol. The molecule has 0 atom stereocenters. The molecule has 1 heterocycles. The topological polar surface area (TPSA) is 72.1 Å². The van der Waals surface area contributed by atoms with Gasteiger partial charge in [-0.15, -0.1) is 0 Å². The molecule has 5 nitrogen and oxygen atoms in total. The number of anilines is 2. The van der Waals surface area contributed by atoms with Gasteiger partial charge in [0.15, 0.2) is 5.82 Å². The van der Waals surface area contributed by atoms with Crippen LogP contribution < -0.4 is 10.6 Å². The molecule has 1 aromatic carbocycles. The van der Waals surface area contributed by atoms with E-state index in [0.717, 1.165) is 5.56 Å². The molecule has 2 aromatic rings. The van der Waals surface area contributed by atoms with Crippen molar-refractivity contribution in [3.05, 3.63) is 48.4 Å². The Hall–Kier alpha value is -2.43. The lowest BCUT2D eigenvalue weighted by Gasteiger charge is -2.18. The SMILES string of the molecule is Cc1ccc(N(C(N)=O)c2cnccn2)cc1. The standard InChI is InChI=1S/C12H12N4O/c1-9-2-4-10(5-3-9)16(12(13)17)11-8-14-6-7-15-11/h2-8H,1H3,(H2,13,17). The fourth-order valence-corrected chi connectivity index (χ4v) is 1.47. The molecule has 0 radical (unpaired) electrons. The Morgan fingerprint density at radius 1 is 1.24 bits per heavy atom. The van der Waals surface area contributed by atoms with Gasteiger partial charge in [0, 0.05) is 12.4 Å². The fourth-order valence-electron chi connectivity index (χ4n) is 1.47. The maximum atomic E-state index is 11.5. The first-order valence-electron chi connectivity index (χ1n) is 5.11. The molecule has 5 heteroatoms. The average molecular weight is 228 g/mol. The number of primary amides is 1. The van der Waals surface area contributed by atoms with E-state index in [2.05, 4.69) is 9.97 Å². The minimum atomic E-state index is -0.589. The second-order valence-electron chi connectivity index (χ2n) is 3.57. The summed E-state index contributed by atoms with van der Waals surface area (Å²) in [5.74, 6) is 0.406. The number of aryl methyl sites for hydroxylation is 1. The van der Waals surface area contributed by atoms with Crippen LogP contribution in [-0.4, -0.2) is 16.0 Å². The van der Waals surface area contributed by atoms with Crippen molar-refractivity contribution in [1.82, 2.24) is 9.97 Å². The van der Waals surface area contributed by atoms with Gasteiger partial charge in [0.25, 0.3) is 0 Å². The van der Waals surface area contributed by atoms with Gasteiger partial charge in [-0.3, -0.25) is 4.98 Å². The molecule has 86 valence electrons. The fraction of sp³-hybridized carbons (Fsp3) is 0.0833. The molecular formula is C12H12N4O. The summed E-state index contributed by atoms with van der Waals surface area (Å²) in [6.07, 6.45) is 4.54. The second-order valence-corrected chi connectivity index (χ2v) is 3.57. The molecule has 0 aliphatic carbocycles. The highest BCUT2D eigenvalue weighted by molar-refractivity contribution is 5.97. The predicted octanol–water partition coefficient (Wildman–Crippen LogP) is 2.00. The smallest absolute Gasteiger partial charge is 0.325 e. The lowest BCUT2D eigenvalue weighted by atomic mass is 10.2. The molecule has 0 saturated carbocycles. The number of hydrogen-bond acceptors (Lipinski definition) is 3. The van der Waals surface area contributed by atoms with Crippen LogP contribution in [0.15, 0.2) is 42.9 Å². The van der Waals surface area contributed by atoms with Crippen molar-refractivity contribution in [3.8, 4) is 0 Å². The highest BCUT2D eigenvalue weighted by atomic mass is 16.2. The number of rotatable bonds is 2. The van der Waals surface area contributed by atoms with Gasteiger partial charge in [0.2, 0.25) is 0 Å². The van der Waals surface area contributed by atoms with E-state index < -0.39 is 6.03 Å². The Labute approximate surface area is 98.9 Å². The first-order valence-corrected chi connectivity index (χ1v) is 5.11. The van der Waals surface area contributed by atoms with Gasteiger partial charge < -0.3 is 5.73 Å². The third-order valence-corrected chi connectivity index (χ3v) is 2.29. The minimum absolute atomic E-state index is 0.406. The van der Waals surface area contributed by atoms with Gasteiger partial charge in [0.05, 0.1) is 11.9 Å². The van der Waals surface area contributed by atoms with Crippen LogP contribution in [0.1, 0.15) is 5.56 Å². The van der Waals surface area contributed by atoms with Gasteiger partial charge in [-0.2, -0.15) is 0 Å². The predicted molar refractivity (Wildman–Crippen MR) is 64.9 cm³/mol. The number of carbonyl (C=O) groups is 1. The Kier molecular flexibility index (Phi) is 3.00. The zero-order valence-corrected chi connectivity index (χ0v) is 9.37. The van der Waals surface area contributed by atoms with Crippen molar-refractivity contribution in [2.75, 3.05) is 4.90 Å².